The van der Waals surface area contributed by atoms with Gasteiger partial charge in [0.2, 0.25) is 5.91 Å². The molecule has 374 valence electrons. The van der Waals surface area contributed by atoms with Crippen LogP contribution in [0.4, 0.5) is 5.69 Å². The van der Waals surface area contributed by atoms with Gasteiger partial charge in [-0.05, 0) is 143 Å². The molecule has 4 N–H and O–H groups in total. The normalized spacial score (nSPS) is 16.1. The van der Waals surface area contributed by atoms with Gasteiger partial charge in [0.15, 0.2) is 0 Å². The predicted molar refractivity (Wildman–Crippen MR) is 295 cm³/mol. The molecule has 1 saturated heterocycles. The summed E-state index contributed by atoms with van der Waals surface area (Å²) in [6.07, 6.45) is 20.6. The molecule has 13 nitrogen and oxygen atoms in total. The number of hydrogen-bond donors (Lipinski definition) is 3. The van der Waals surface area contributed by atoms with Crippen molar-refractivity contribution in [3.63, 3.8) is 0 Å². The van der Waals surface area contributed by atoms with Crippen LogP contribution in [0.25, 0.3) is 21.8 Å². The average molecular weight is 1120 g/mol. The van der Waals surface area contributed by atoms with E-state index in [0.29, 0.717) is 23.2 Å². The molecule has 10 rings (SSSR count). The molecule has 3 atom stereocenters. The summed E-state index contributed by atoms with van der Waals surface area (Å²) < 4.78 is 5.57. The molecule has 7 aromatic rings. The fourth-order valence-corrected chi connectivity index (χ4v) is 9.33. The second kappa shape index (κ2) is 27.8. The third-order valence-corrected chi connectivity index (χ3v) is 13.3. The maximum atomic E-state index is 12.9. The smallest absolute Gasteiger partial charge is 0.337 e. The summed E-state index contributed by atoms with van der Waals surface area (Å²) in [5.74, 6) is 9.65. The number of hydrogen-bond acceptors (Lipinski definition) is 9. The molecule has 3 aliphatic rings. The Morgan fingerprint density at radius 2 is 1.25 bits per heavy atom. The monoisotopic (exact) mass is 1120 g/mol. The highest BCUT2D eigenvalue weighted by Crippen LogP contribution is 2.28. The molecule has 3 aliphatic heterocycles. The second-order valence-electron chi connectivity index (χ2n) is 17.1. The summed E-state index contributed by atoms with van der Waals surface area (Å²) in [7, 11) is 0. The number of amides is 1. The van der Waals surface area contributed by atoms with Gasteiger partial charge >= 0.3 is 5.97 Å². The lowest BCUT2D eigenvalue weighted by atomic mass is 10.0. The van der Waals surface area contributed by atoms with Crippen LogP contribution in [0.2, 0.25) is 0 Å². The van der Waals surface area contributed by atoms with Crippen LogP contribution in [-0.4, -0.2) is 52.1 Å². The second-order valence-corrected chi connectivity index (χ2v) is 19.0. The molecule has 72 heavy (non-hydrogen) atoms. The van der Waals surface area contributed by atoms with Crippen molar-refractivity contribution < 1.29 is 14.7 Å². The number of piperidine rings is 1. The van der Waals surface area contributed by atoms with E-state index in [1.807, 2.05) is 75.9 Å². The lowest BCUT2D eigenvalue weighted by Gasteiger charge is -2.26. The van der Waals surface area contributed by atoms with Gasteiger partial charge in [-0.15, -0.1) is 18.8 Å². The van der Waals surface area contributed by atoms with E-state index in [4.69, 9.17) is 22.2 Å². The first kappa shape index (κ1) is 56.3. The first-order valence-electron chi connectivity index (χ1n) is 24.0. The molecule has 0 saturated carbocycles. The lowest BCUT2D eigenvalue weighted by Crippen LogP contribution is -2.37. The molecule has 7 heterocycles. The largest absolute Gasteiger partial charge is 0.478 e. The number of anilines is 1. The number of halogens is 3. The number of rotatable bonds is 4. The van der Waals surface area contributed by atoms with E-state index in [0.717, 1.165) is 119 Å². The molecule has 0 aliphatic carbocycles. The van der Waals surface area contributed by atoms with Gasteiger partial charge in [0.1, 0.15) is 23.0 Å². The highest BCUT2D eigenvalue weighted by atomic mass is 79.9. The quantitative estimate of drug-likeness (QED) is 0.113. The Kier molecular flexibility index (Phi) is 21.7. The fourth-order valence-electron chi connectivity index (χ4n) is 8.61. The van der Waals surface area contributed by atoms with E-state index >= 15 is 0 Å². The van der Waals surface area contributed by atoms with E-state index in [1.54, 1.807) is 30.6 Å². The van der Waals surface area contributed by atoms with Gasteiger partial charge in [0.25, 0.3) is 11.1 Å². The number of carboxylic acid groups (broad SMARTS) is 1. The maximum absolute atomic E-state index is 12.9. The van der Waals surface area contributed by atoms with Crippen LogP contribution in [0.15, 0.2) is 122 Å². The van der Waals surface area contributed by atoms with Crippen LogP contribution in [0.5, 0.6) is 0 Å². The summed E-state index contributed by atoms with van der Waals surface area (Å²) in [6.45, 7) is 6.38. The number of terminal acetylenes is 1. The summed E-state index contributed by atoms with van der Waals surface area (Å²) in [6, 6.07) is 28.2. The Morgan fingerprint density at radius 3 is 1.74 bits per heavy atom. The first-order valence-corrected chi connectivity index (χ1v) is 25.6. The highest BCUT2D eigenvalue weighted by Gasteiger charge is 2.23. The summed E-state index contributed by atoms with van der Waals surface area (Å²) in [5.41, 5.74) is 9.81. The van der Waals surface area contributed by atoms with Crippen molar-refractivity contribution in [2.24, 2.45) is 0 Å². The minimum absolute atomic E-state index is 0. The van der Waals surface area contributed by atoms with E-state index < -0.39 is 5.97 Å². The van der Waals surface area contributed by atoms with Gasteiger partial charge in [0, 0.05) is 70.0 Å². The summed E-state index contributed by atoms with van der Waals surface area (Å²) in [4.78, 5) is 64.1. The predicted octanol–water partition coefficient (Wildman–Crippen LogP) is 11.2. The topological polar surface area (TPSA) is 188 Å². The number of aromatic carboxylic acids is 1. The Labute approximate surface area is 443 Å². The SMILES string of the molecule is C#Cc1ccccn1.CCC1CCCC(=O)N1.CCC1CCCc2nc3cc(Br)ccc3c(=O)n21.CCC1CCCc2nc3cc(C#Cc4ccccn4)ccc3c(=O)n21.Cl.Nc1cc(Br)ccc1C(=O)O. The van der Waals surface area contributed by atoms with Gasteiger partial charge in [-0.2, -0.15) is 0 Å². The van der Waals surface area contributed by atoms with E-state index in [1.165, 1.54) is 12.5 Å². The number of nitrogen functional groups attached to an aromatic ring is 1. The van der Waals surface area contributed by atoms with Crippen molar-refractivity contribution in [1.29, 1.82) is 0 Å². The van der Waals surface area contributed by atoms with Gasteiger partial charge in [-0.25, -0.2) is 24.7 Å². The van der Waals surface area contributed by atoms with Crippen molar-refractivity contribution in [1.82, 2.24) is 34.4 Å². The third kappa shape index (κ3) is 15.2. The zero-order chi connectivity index (χ0) is 50.9. The number of fused-ring (bicyclic) bond motifs is 4. The number of aryl methyl sites for hydroxylation is 2. The minimum Gasteiger partial charge on any atom is -0.478 e. The van der Waals surface area contributed by atoms with Crippen molar-refractivity contribution in [3.05, 3.63) is 167 Å². The first-order chi connectivity index (χ1) is 34.3. The van der Waals surface area contributed by atoms with Crippen LogP contribution >= 0.6 is 44.3 Å². The van der Waals surface area contributed by atoms with Crippen molar-refractivity contribution in [2.45, 2.75) is 116 Å². The number of nitrogens with one attached hydrogen (secondary N) is 1. The highest BCUT2D eigenvalue weighted by molar-refractivity contribution is 9.10. The minimum atomic E-state index is -1.00. The van der Waals surface area contributed by atoms with Crippen molar-refractivity contribution in [2.75, 3.05) is 5.73 Å². The van der Waals surface area contributed by atoms with Gasteiger partial charge in [-0.1, -0.05) is 76.6 Å². The number of carbonyl (C=O) groups is 2. The van der Waals surface area contributed by atoms with Crippen LogP contribution in [0.1, 0.15) is 136 Å². The maximum Gasteiger partial charge on any atom is 0.337 e. The fraction of sp³-hybridized carbons (Fsp3) is 0.321. The van der Waals surface area contributed by atoms with Crippen molar-refractivity contribution >= 4 is 83.6 Å². The van der Waals surface area contributed by atoms with E-state index in [9.17, 15) is 19.2 Å². The molecule has 1 amide bonds. The third-order valence-electron chi connectivity index (χ3n) is 12.3. The number of carboxylic acids is 1. The molecule has 16 heteroatoms. The van der Waals surface area contributed by atoms with Crippen LogP contribution in [-0.2, 0) is 17.6 Å². The molecule has 1 fully saturated rings. The number of carbonyl (C=O) groups excluding carboxylic acids is 1. The number of pyridine rings is 2. The van der Waals surface area contributed by atoms with Crippen molar-refractivity contribution in [3.8, 4) is 24.2 Å². The van der Waals surface area contributed by atoms with Gasteiger partial charge in [-0.3, -0.25) is 23.5 Å². The number of benzene rings is 3. The zero-order valence-corrected chi connectivity index (χ0v) is 44.6. The average Bonchev–Trinajstić information content (AvgIpc) is 3.38. The number of nitrogens with zero attached hydrogens (tertiary/aromatic N) is 6. The molecule has 0 radical (unpaired) electrons. The van der Waals surface area contributed by atoms with Gasteiger partial charge in [0.05, 0.1) is 27.4 Å². The molecule has 3 aromatic carbocycles. The molecule has 0 bridgehead atoms. The summed E-state index contributed by atoms with van der Waals surface area (Å²) in [5, 5.41) is 12.9. The molecule has 3 unspecified atom stereocenters. The molecular formula is C56H59Br2ClN8O5. The van der Waals surface area contributed by atoms with E-state index in [-0.39, 0.29) is 46.7 Å². The van der Waals surface area contributed by atoms with Crippen LogP contribution in [0, 0.1) is 24.2 Å². The molecular weight excluding hydrogens is 1060 g/mol. The Bertz CT molecular complexity index is 3210. The standard InChI is InChI=1S/C21H19N3O.C14H15BrN2O.C7H6BrNO2.C7H13NO.C7H5N.ClH/c1-2-17-7-5-8-20-23-19-14-15(9-11-16-6-3-4-13-22-16)10-12-18(19)21(25)24(17)20;1-2-10-4-3-5-13-16-12-8-9(15)6-7-11(12)14(18)17(10)13;8-4-1-2-5(7(10)11)6(9)3-4;1-2-6-4-3-5-7(9)8-6;1-2-7-5-3-4-6-8-7;/h3-4,6,10,12-14,17H,2,5,7-8H2,1H3;6-8,10H,2-5H2,1H3;1-3H,9H2,(H,10,11);6H,2-5H2,1H3,(H,8,9);1,3-6H;1H. The summed E-state index contributed by atoms with van der Waals surface area (Å²) >= 11 is 6.60. The Balaban J connectivity index is 0.000000179. The lowest BCUT2D eigenvalue weighted by molar-refractivity contribution is -0.123. The van der Waals surface area contributed by atoms with Crippen LogP contribution in [0.3, 0.4) is 0 Å². The number of nitrogens with two attached hydrogens (primary N) is 1. The van der Waals surface area contributed by atoms with E-state index in [2.05, 4.69) is 90.7 Å². The Hall–Kier alpha value is -6.65. The molecule has 0 spiro atoms. The van der Waals surface area contributed by atoms with Crippen LogP contribution < -0.4 is 22.2 Å². The molecule has 4 aromatic heterocycles. The Morgan fingerprint density at radius 1 is 0.708 bits per heavy atom. The van der Waals surface area contributed by atoms with Gasteiger partial charge < -0.3 is 16.2 Å². The zero-order valence-electron chi connectivity index (χ0n) is 40.6. The number of aromatic nitrogens is 6.